The molecule has 0 aliphatic rings. The Balaban J connectivity index is 2.25. The highest BCUT2D eigenvalue weighted by atomic mass is 28.3. The molecule has 0 radical (unpaired) electrons. The monoisotopic (exact) mass is 368 g/mol. The van der Waals surface area contributed by atoms with Crippen LogP contribution in [-0.4, -0.2) is 8.07 Å². The Morgan fingerprint density at radius 3 is 1.72 bits per heavy atom. The van der Waals surface area contributed by atoms with Gasteiger partial charge in [0.05, 0.1) is 0 Å². The molecular formula is C19H17F5Si. The Bertz CT molecular complexity index is 749. The van der Waals surface area contributed by atoms with Gasteiger partial charge in [0.2, 0.25) is 5.82 Å². The van der Waals surface area contributed by atoms with Crippen LogP contribution in [0, 0.1) is 29.1 Å². The molecule has 132 valence electrons. The van der Waals surface area contributed by atoms with E-state index in [0.29, 0.717) is 6.04 Å². The van der Waals surface area contributed by atoms with Crippen LogP contribution in [0.4, 0.5) is 22.0 Å². The van der Waals surface area contributed by atoms with Gasteiger partial charge in [-0.25, -0.2) is 22.0 Å². The largest absolute Gasteiger partial charge is 0.203 e. The fourth-order valence-electron chi connectivity index (χ4n) is 2.84. The van der Waals surface area contributed by atoms with Crippen molar-refractivity contribution in [2.45, 2.75) is 18.9 Å². The molecule has 0 atom stereocenters. The lowest BCUT2D eigenvalue weighted by Gasteiger charge is -2.25. The molecule has 0 saturated heterocycles. The number of halogens is 5. The summed E-state index contributed by atoms with van der Waals surface area (Å²) in [7, 11) is -2.32. The minimum Gasteiger partial charge on any atom is -0.203 e. The smallest absolute Gasteiger partial charge is 0.200 e. The van der Waals surface area contributed by atoms with Gasteiger partial charge in [-0.05, 0) is 12.5 Å². The lowest BCUT2D eigenvalue weighted by molar-refractivity contribution is 0.369. The summed E-state index contributed by atoms with van der Waals surface area (Å²) in [5.41, 5.74) is 2.82. The van der Waals surface area contributed by atoms with Gasteiger partial charge in [-0.1, -0.05) is 53.3 Å². The number of rotatable bonds is 7. The Labute approximate surface area is 144 Å². The molecule has 0 unspecified atom stereocenters. The third-order valence-corrected chi connectivity index (χ3v) is 8.40. The molecule has 0 N–H and O–H groups in total. The minimum absolute atomic E-state index is 0.248. The summed E-state index contributed by atoms with van der Waals surface area (Å²) in [6.07, 6.45) is -0.00738. The molecule has 0 bridgehead atoms. The molecule has 6 heteroatoms. The van der Waals surface area contributed by atoms with Crippen LogP contribution < -0.4 is 5.19 Å². The predicted molar refractivity (Wildman–Crippen MR) is 91.6 cm³/mol. The van der Waals surface area contributed by atoms with Crippen molar-refractivity contribution < 1.29 is 22.0 Å². The molecule has 0 aliphatic heterocycles. The third kappa shape index (κ3) is 3.58. The highest BCUT2D eigenvalue weighted by molar-refractivity contribution is 6.99. The van der Waals surface area contributed by atoms with Crippen molar-refractivity contribution in [3.63, 3.8) is 0 Å². The van der Waals surface area contributed by atoms with Gasteiger partial charge in [0, 0.05) is 5.56 Å². The zero-order valence-electron chi connectivity index (χ0n) is 13.5. The first-order valence-electron chi connectivity index (χ1n) is 7.71. The highest BCUT2D eigenvalue weighted by Gasteiger charge is 2.29. The van der Waals surface area contributed by atoms with Crippen LogP contribution >= 0.6 is 0 Å². The molecular weight excluding hydrogens is 351 g/mol. The van der Waals surface area contributed by atoms with Crippen molar-refractivity contribution in [3.8, 4) is 0 Å². The number of hydrogen-bond acceptors (Lipinski definition) is 0. The maximum atomic E-state index is 13.8. The molecule has 0 aromatic heterocycles. The first-order chi connectivity index (χ1) is 11.9. The second-order valence-corrected chi connectivity index (χ2v) is 9.69. The van der Waals surface area contributed by atoms with E-state index in [4.69, 9.17) is 0 Å². The van der Waals surface area contributed by atoms with Crippen LogP contribution in [0.25, 0.3) is 0 Å². The van der Waals surface area contributed by atoms with Crippen molar-refractivity contribution in [2.24, 2.45) is 0 Å². The molecule has 0 saturated carbocycles. The van der Waals surface area contributed by atoms with E-state index in [0.717, 1.165) is 5.19 Å². The zero-order valence-corrected chi connectivity index (χ0v) is 14.5. The van der Waals surface area contributed by atoms with Crippen LogP contribution in [0.5, 0.6) is 0 Å². The van der Waals surface area contributed by atoms with Gasteiger partial charge in [-0.2, -0.15) is 0 Å². The molecule has 0 aliphatic carbocycles. The molecule has 2 rings (SSSR count). The lowest BCUT2D eigenvalue weighted by Crippen LogP contribution is -2.44. The second kappa shape index (κ2) is 7.78. The Morgan fingerprint density at radius 2 is 1.24 bits per heavy atom. The van der Waals surface area contributed by atoms with E-state index in [1.807, 2.05) is 30.3 Å². The van der Waals surface area contributed by atoms with Crippen molar-refractivity contribution in [3.05, 3.63) is 89.5 Å². The number of benzene rings is 2. The standard InChI is InChI=1S/C19H17F5Si/c1-3-25(4-2,13-9-6-5-7-10-13)12-8-11-14-15(20)17(22)19(24)18(23)16(14)21/h3-7,9-10H,1-2,8,11-12H2. The fourth-order valence-corrected chi connectivity index (χ4v) is 5.75. The summed E-state index contributed by atoms with van der Waals surface area (Å²) in [5, 5.41) is 1.03. The van der Waals surface area contributed by atoms with Gasteiger partial charge < -0.3 is 0 Å². The van der Waals surface area contributed by atoms with Crippen LogP contribution in [0.1, 0.15) is 12.0 Å². The molecule has 0 heterocycles. The summed E-state index contributed by atoms with van der Waals surface area (Å²) >= 11 is 0. The summed E-state index contributed by atoms with van der Waals surface area (Å²) < 4.78 is 67.2. The molecule has 25 heavy (non-hydrogen) atoms. The SMILES string of the molecule is C=C[Si](C=C)(CCCc1c(F)c(F)c(F)c(F)c1F)c1ccccc1. The normalized spacial score (nSPS) is 11.4. The van der Waals surface area contributed by atoms with E-state index in [1.165, 1.54) is 0 Å². The molecule has 0 nitrogen and oxygen atoms in total. The number of hydrogen-bond donors (Lipinski definition) is 0. The quantitative estimate of drug-likeness (QED) is 0.275. The molecule has 0 amide bonds. The predicted octanol–water partition coefficient (Wildman–Crippen LogP) is 5.12. The van der Waals surface area contributed by atoms with Crippen LogP contribution in [0.15, 0.2) is 54.9 Å². The van der Waals surface area contributed by atoms with Gasteiger partial charge in [-0.15, -0.1) is 13.2 Å². The van der Waals surface area contributed by atoms with Crippen LogP contribution in [-0.2, 0) is 6.42 Å². The van der Waals surface area contributed by atoms with Gasteiger partial charge in [0.25, 0.3) is 0 Å². The van der Waals surface area contributed by atoms with Crippen molar-refractivity contribution in [1.82, 2.24) is 0 Å². The second-order valence-electron chi connectivity index (χ2n) is 5.72. The minimum atomic E-state index is -2.32. The topological polar surface area (TPSA) is 0 Å². The summed E-state index contributed by atoms with van der Waals surface area (Å²) in [6, 6.07) is 9.96. The maximum Gasteiger partial charge on any atom is 0.200 e. The van der Waals surface area contributed by atoms with Crippen molar-refractivity contribution in [2.75, 3.05) is 0 Å². The van der Waals surface area contributed by atoms with Crippen molar-refractivity contribution in [1.29, 1.82) is 0 Å². The molecule has 0 spiro atoms. The van der Waals surface area contributed by atoms with Gasteiger partial charge in [-0.3, -0.25) is 0 Å². The van der Waals surface area contributed by atoms with Gasteiger partial charge in [0.15, 0.2) is 23.3 Å². The average molecular weight is 368 g/mol. The molecule has 0 fully saturated rings. The average Bonchev–Trinajstić information content (AvgIpc) is 2.65. The van der Waals surface area contributed by atoms with Gasteiger partial charge in [0.1, 0.15) is 8.07 Å². The highest BCUT2D eigenvalue weighted by Crippen LogP contribution is 2.26. The first-order valence-corrected chi connectivity index (χ1v) is 10.1. The summed E-state index contributed by atoms with van der Waals surface area (Å²) in [6.45, 7) is 7.71. The van der Waals surface area contributed by atoms with E-state index in [-0.39, 0.29) is 12.8 Å². The Hall–Kier alpha value is -2.21. The first kappa shape index (κ1) is 19.1. The lowest BCUT2D eigenvalue weighted by atomic mass is 10.1. The molecule has 2 aromatic carbocycles. The van der Waals surface area contributed by atoms with E-state index in [9.17, 15) is 22.0 Å². The zero-order chi connectivity index (χ0) is 18.6. The maximum absolute atomic E-state index is 13.8. The van der Waals surface area contributed by atoms with E-state index in [2.05, 4.69) is 13.2 Å². The fraction of sp³-hybridized carbons (Fsp3) is 0.158. The Kier molecular flexibility index (Phi) is 5.95. The molecule has 2 aromatic rings. The van der Waals surface area contributed by atoms with Crippen LogP contribution in [0.2, 0.25) is 6.04 Å². The Morgan fingerprint density at radius 1 is 0.760 bits per heavy atom. The third-order valence-electron chi connectivity index (χ3n) is 4.36. The van der Waals surface area contributed by atoms with E-state index >= 15 is 0 Å². The van der Waals surface area contributed by atoms with Crippen molar-refractivity contribution >= 4 is 13.3 Å². The van der Waals surface area contributed by atoms with Gasteiger partial charge >= 0.3 is 0 Å². The van der Waals surface area contributed by atoms with E-state index < -0.39 is 42.7 Å². The van der Waals surface area contributed by atoms with Crippen LogP contribution in [0.3, 0.4) is 0 Å². The van der Waals surface area contributed by atoms with E-state index in [1.54, 1.807) is 11.4 Å². The summed E-state index contributed by atoms with van der Waals surface area (Å²) in [4.78, 5) is 0. The summed E-state index contributed by atoms with van der Waals surface area (Å²) in [5.74, 6) is -9.48.